The van der Waals surface area contributed by atoms with Crippen molar-refractivity contribution >= 4 is 20.6 Å². The molecule has 42 heavy (non-hydrogen) atoms. The maximum absolute atomic E-state index is 11.4. The van der Waals surface area contributed by atoms with E-state index in [1.807, 2.05) is 66.0 Å². The highest BCUT2D eigenvalue weighted by atomic mass is 31.2. The molecule has 3 heterocycles. The number of aliphatic imine (C=N–C) groups is 1. The van der Waals surface area contributed by atoms with E-state index in [0.717, 1.165) is 22.5 Å². The Kier molecular flexibility index (Phi) is 13.9. The quantitative estimate of drug-likeness (QED) is 0.125. The number of hydrogen-bond donors (Lipinski definition) is 2. The molecule has 0 saturated heterocycles. The van der Waals surface area contributed by atoms with Crippen LogP contribution in [0.5, 0.6) is 0 Å². The lowest BCUT2D eigenvalue weighted by molar-refractivity contribution is 0.145. The molecule has 1 atom stereocenters. The van der Waals surface area contributed by atoms with Crippen LogP contribution in [0.1, 0.15) is 70.3 Å². The second kappa shape index (κ2) is 16.3. The Morgan fingerprint density at radius 3 is 2.31 bits per heavy atom. The molecular formula is C30H40N7O4P. The number of aryl methyl sites for hydroxylation is 2. The Bertz CT molecular complexity index is 1560. The van der Waals surface area contributed by atoms with Crippen molar-refractivity contribution in [3.8, 4) is 23.1 Å². The largest absolute Gasteiger partial charge is 0.470 e. The Morgan fingerprint density at radius 2 is 1.86 bits per heavy atom. The predicted molar refractivity (Wildman–Crippen MR) is 168 cm³/mol. The van der Waals surface area contributed by atoms with Crippen molar-refractivity contribution in [3.63, 3.8) is 0 Å². The summed E-state index contributed by atoms with van der Waals surface area (Å²) in [5, 5.41) is 17.8. The first-order valence-electron chi connectivity index (χ1n) is 12.8. The maximum atomic E-state index is 11.4. The molecule has 0 aliphatic rings. The van der Waals surface area contributed by atoms with Gasteiger partial charge in [0.15, 0.2) is 11.5 Å². The van der Waals surface area contributed by atoms with E-state index in [2.05, 4.69) is 35.1 Å². The topological polar surface area (TPSA) is 151 Å². The molecule has 0 radical (unpaired) electrons. The van der Waals surface area contributed by atoms with E-state index in [9.17, 15) is 19.6 Å². The molecule has 3 aromatic rings. The molecule has 12 heteroatoms. The first-order valence-corrected chi connectivity index (χ1v) is 14.4. The van der Waals surface area contributed by atoms with Gasteiger partial charge in [0.2, 0.25) is 0 Å². The lowest BCUT2D eigenvalue weighted by Crippen LogP contribution is -2.10. The molecule has 0 aromatic carbocycles. The first-order chi connectivity index (χ1) is 19.5. The normalized spacial score (nSPS) is 12.0. The first kappa shape index (κ1) is 35.8. The Balaban J connectivity index is 0.000000760. The summed E-state index contributed by atoms with van der Waals surface area (Å²) < 4.78 is 19.4. The molecule has 0 amide bonds. The molecule has 1 unspecified atom stereocenters. The smallest absolute Gasteiger partial charge is 0.303 e. The Labute approximate surface area is 248 Å². The molecule has 3 rings (SSSR count). The molecule has 0 fully saturated rings. The summed E-state index contributed by atoms with van der Waals surface area (Å²) in [4.78, 5) is 26.9. The number of pyridine rings is 1. The summed E-state index contributed by atoms with van der Waals surface area (Å²) in [5.41, 5.74) is 6.35. The Morgan fingerprint density at radius 1 is 1.24 bits per heavy atom. The van der Waals surface area contributed by atoms with Crippen molar-refractivity contribution < 1.29 is 18.9 Å². The number of aromatic nitrogens is 5. The van der Waals surface area contributed by atoms with E-state index in [4.69, 9.17) is 9.51 Å². The zero-order chi connectivity index (χ0) is 32.2. The van der Waals surface area contributed by atoms with Crippen LogP contribution in [0.2, 0.25) is 0 Å². The molecule has 0 saturated carbocycles. The van der Waals surface area contributed by atoms with Crippen LogP contribution in [0, 0.1) is 18.3 Å². The minimum Gasteiger partial charge on any atom is -0.303 e. The summed E-state index contributed by atoms with van der Waals surface area (Å²) in [6.07, 6.45) is 6.34. The van der Waals surface area contributed by atoms with Gasteiger partial charge >= 0.3 is 7.82 Å². The maximum Gasteiger partial charge on any atom is 0.470 e. The van der Waals surface area contributed by atoms with Gasteiger partial charge in [-0.3, -0.25) is 14.2 Å². The molecule has 0 spiro atoms. The van der Waals surface area contributed by atoms with Gasteiger partial charge in [-0.1, -0.05) is 35.9 Å². The number of phosphoric ester groups is 1. The standard InChI is InChI=1S/C21H23N6O4P.C5H9N.C4H8/c1-13(2)6-9-20-18(12-23-26(20)5)19-8-7-17(15(4)31-32(28,29)30)21(24-19)27-14(3)10-16(11-22)25-27;1-4-5(2)6-3;1-4(2)3/h6-10,12,15H,1H2,2-5H3,(H2,28,29,30);4H,3H2,1-2H3;1H2,2-3H3/b9-6-;5-4-;. The van der Waals surface area contributed by atoms with E-state index in [1.54, 1.807) is 36.0 Å². The fraction of sp³-hybridized carbons (Fsp3) is 0.300. The van der Waals surface area contributed by atoms with Crippen LogP contribution < -0.4 is 0 Å². The second-order valence-corrected chi connectivity index (χ2v) is 10.8. The van der Waals surface area contributed by atoms with Crippen molar-refractivity contribution in [2.45, 2.75) is 54.6 Å². The molecule has 3 aromatic heterocycles. The highest BCUT2D eigenvalue weighted by molar-refractivity contribution is 7.46. The SMILES string of the molecule is C=C(C)/C=C\c1c(-c2ccc(C(C)OP(=O)(O)O)c(-n3nc(C#N)cc3C)n2)cnn1C.C=C(C)C.C=N/C(C)=C\C. The van der Waals surface area contributed by atoms with Gasteiger partial charge in [-0.05, 0) is 73.4 Å². The van der Waals surface area contributed by atoms with Crippen molar-refractivity contribution in [2.75, 3.05) is 0 Å². The summed E-state index contributed by atoms with van der Waals surface area (Å²) >= 11 is 0. The minimum absolute atomic E-state index is 0.190. The molecule has 224 valence electrons. The van der Waals surface area contributed by atoms with Crippen molar-refractivity contribution in [3.05, 3.63) is 89.2 Å². The fourth-order valence-corrected chi connectivity index (χ4v) is 3.78. The molecule has 11 nitrogen and oxygen atoms in total. The minimum atomic E-state index is -4.74. The van der Waals surface area contributed by atoms with Crippen molar-refractivity contribution in [2.24, 2.45) is 12.0 Å². The zero-order valence-electron chi connectivity index (χ0n) is 25.5. The van der Waals surface area contributed by atoms with E-state index in [1.165, 1.54) is 17.2 Å². The van der Waals surface area contributed by atoms with Crippen LogP contribution in [0.15, 0.2) is 71.5 Å². The molecule has 0 aliphatic heterocycles. The number of phosphoric acid groups is 1. The van der Waals surface area contributed by atoms with Crippen LogP contribution in [0.25, 0.3) is 23.2 Å². The second-order valence-electron chi connectivity index (χ2n) is 9.58. The van der Waals surface area contributed by atoms with Gasteiger partial charge < -0.3 is 9.79 Å². The number of nitrogens with zero attached hydrogens (tertiary/aromatic N) is 7. The van der Waals surface area contributed by atoms with E-state index < -0.39 is 13.9 Å². The van der Waals surface area contributed by atoms with Crippen LogP contribution >= 0.6 is 7.82 Å². The van der Waals surface area contributed by atoms with Crippen LogP contribution in [-0.4, -0.2) is 41.0 Å². The predicted octanol–water partition coefficient (Wildman–Crippen LogP) is 6.80. The monoisotopic (exact) mass is 593 g/mol. The average molecular weight is 594 g/mol. The number of allylic oxidation sites excluding steroid dienone is 5. The highest BCUT2D eigenvalue weighted by Crippen LogP contribution is 2.43. The Hall–Kier alpha value is -4.20. The lowest BCUT2D eigenvalue weighted by Gasteiger charge is -2.18. The van der Waals surface area contributed by atoms with Gasteiger partial charge in [-0.15, -0.1) is 6.58 Å². The summed E-state index contributed by atoms with van der Waals surface area (Å²) in [7, 11) is -2.94. The fourth-order valence-electron chi connectivity index (χ4n) is 3.26. The van der Waals surface area contributed by atoms with Gasteiger partial charge in [-0.2, -0.15) is 15.5 Å². The summed E-state index contributed by atoms with van der Waals surface area (Å²) in [6, 6.07) is 6.97. The number of rotatable bonds is 8. The van der Waals surface area contributed by atoms with Crippen LogP contribution in [-0.2, 0) is 16.1 Å². The molecular weight excluding hydrogens is 553 g/mol. The third kappa shape index (κ3) is 11.4. The lowest BCUT2D eigenvalue weighted by atomic mass is 10.1. The van der Waals surface area contributed by atoms with Crippen LogP contribution in [0.4, 0.5) is 0 Å². The van der Waals surface area contributed by atoms with E-state index in [0.29, 0.717) is 22.8 Å². The third-order valence-corrected chi connectivity index (χ3v) is 5.89. The van der Waals surface area contributed by atoms with Gasteiger partial charge in [0.1, 0.15) is 6.07 Å². The average Bonchev–Trinajstić information content (AvgIpc) is 3.47. The summed E-state index contributed by atoms with van der Waals surface area (Å²) in [5.74, 6) is 0.293. The van der Waals surface area contributed by atoms with Crippen molar-refractivity contribution in [1.82, 2.24) is 24.5 Å². The molecule has 0 aliphatic carbocycles. The van der Waals surface area contributed by atoms with Gasteiger partial charge in [0, 0.05) is 29.6 Å². The highest BCUT2D eigenvalue weighted by Gasteiger charge is 2.25. The number of hydrogen-bond acceptors (Lipinski definition) is 7. The van der Waals surface area contributed by atoms with Gasteiger partial charge in [-0.25, -0.2) is 14.2 Å². The van der Waals surface area contributed by atoms with Gasteiger partial charge in [0.25, 0.3) is 0 Å². The van der Waals surface area contributed by atoms with Crippen LogP contribution in [0.3, 0.4) is 0 Å². The van der Waals surface area contributed by atoms with E-state index >= 15 is 0 Å². The third-order valence-electron chi connectivity index (χ3n) is 5.29. The zero-order valence-corrected chi connectivity index (χ0v) is 26.4. The van der Waals surface area contributed by atoms with Crippen molar-refractivity contribution in [1.29, 1.82) is 5.26 Å². The van der Waals surface area contributed by atoms with E-state index in [-0.39, 0.29) is 5.69 Å². The summed E-state index contributed by atoms with van der Waals surface area (Å²) in [6.45, 7) is 23.7. The molecule has 2 N–H and O–H groups in total. The molecule has 0 bridgehead atoms. The number of nitriles is 1. The van der Waals surface area contributed by atoms with Gasteiger partial charge in [0.05, 0.1) is 23.7 Å².